The standard InChI is InChI=1S/C24H24N6O/c1-14-11-29(13-26-14)21-9-17-5-4-6-18(19(17)10-25-21)22-20-12-28(3)24(31)15(2)30(20)23(27-22)16-7-8-16/h4-6,9-11,13,15-16H,7-8,12H2,1-3H3/t15-/m0/s1. The molecule has 0 saturated heterocycles. The molecule has 3 aromatic heterocycles. The molecule has 1 aliphatic heterocycles. The van der Waals surface area contributed by atoms with Gasteiger partial charge in [-0.05, 0) is 38.1 Å². The van der Waals surface area contributed by atoms with Gasteiger partial charge in [0.15, 0.2) is 0 Å². The zero-order valence-corrected chi connectivity index (χ0v) is 17.9. The molecule has 1 fully saturated rings. The summed E-state index contributed by atoms with van der Waals surface area (Å²) >= 11 is 0. The van der Waals surface area contributed by atoms with Crippen molar-refractivity contribution in [3.8, 4) is 17.1 Å². The van der Waals surface area contributed by atoms with Gasteiger partial charge in [-0.1, -0.05) is 18.2 Å². The van der Waals surface area contributed by atoms with E-state index in [1.54, 1.807) is 6.33 Å². The number of fused-ring (bicyclic) bond motifs is 2. The van der Waals surface area contributed by atoms with E-state index in [2.05, 4.69) is 33.8 Å². The molecular weight excluding hydrogens is 388 g/mol. The number of rotatable bonds is 3. The van der Waals surface area contributed by atoms with Gasteiger partial charge in [0.05, 0.1) is 23.6 Å². The quantitative estimate of drug-likeness (QED) is 0.510. The fraction of sp³-hybridized carbons (Fsp3) is 0.333. The first-order valence-electron chi connectivity index (χ1n) is 10.8. The maximum Gasteiger partial charge on any atom is 0.245 e. The number of carbonyl (C=O) groups is 1. The Morgan fingerprint density at radius 1 is 1.16 bits per heavy atom. The minimum absolute atomic E-state index is 0.151. The average Bonchev–Trinajstić information content (AvgIpc) is 3.42. The lowest BCUT2D eigenvalue weighted by Crippen LogP contribution is -2.39. The number of amides is 1. The Balaban J connectivity index is 1.53. The van der Waals surface area contributed by atoms with Crippen molar-refractivity contribution in [1.29, 1.82) is 0 Å². The molecule has 4 aromatic rings. The number of aryl methyl sites for hydroxylation is 1. The van der Waals surface area contributed by atoms with Gasteiger partial charge in [0.25, 0.3) is 0 Å². The summed E-state index contributed by atoms with van der Waals surface area (Å²) in [5, 5.41) is 2.18. The molecule has 1 atom stereocenters. The number of benzene rings is 1. The van der Waals surface area contributed by atoms with E-state index in [-0.39, 0.29) is 11.9 Å². The average molecular weight is 412 g/mol. The van der Waals surface area contributed by atoms with Gasteiger partial charge in [-0.2, -0.15) is 0 Å². The summed E-state index contributed by atoms with van der Waals surface area (Å²) < 4.78 is 4.14. The van der Waals surface area contributed by atoms with E-state index in [1.807, 2.05) is 42.8 Å². The molecule has 1 aliphatic carbocycles. The highest BCUT2D eigenvalue weighted by molar-refractivity contribution is 5.97. The van der Waals surface area contributed by atoms with Crippen molar-refractivity contribution in [2.45, 2.75) is 45.2 Å². The highest BCUT2D eigenvalue weighted by Crippen LogP contribution is 2.44. The molecule has 1 aromatic carbocycles. The summed E-state index contributed by atoms with van der Waals surface area (Å²) in [6.45, 7) is 4.54. The van der Waals surface area contributed by atoms with Gasteiger partial charge in [0.2, 0.25) is 5.91 Å². The second kappa shape index (κ2) is 6.51. The topological polar surface area (TPSA) is 68.8 Å². The van der Waals surface area contributed by atoms with Gasteiger partial charge in [-0.15, -0.1) is 0 Å². The maximum atomic E-state index is 12.7. The van der Waals surface area contributed by atoms with E-state index in [0.29, 0.717) is 12.5 Å². The monoisotopic (exact) mass is 412 g/mol. The van der Waals surface area contributed by atoms with E-state index < -0.39 is 0 Å². The molecule has 6 rings (SSSR count). The van der Waals surface area contributed by atoms with Crippen LogP contribution in [0.2, 0.25) is 0 Å². The van der Waals surface area contributed by atoms with E-state index >= 15 is 0 Å². The lowest BCUT2D eigenvalue weighted by atomic mass is 10.0. The highest BCUT2D eigenvalue weighted by atomic mass is 16.2. The molecule has 0 unspecified atom stereocenters. The van der Waals surface area contributed by atoms with Gasteiger partial charge in [-0.3, -0.25) is 9.36 Å². The SMILES string of the molecule is Cc1cn(-c2cc3cccc(-c4nc(C5CC5)n5c4CN(C)C(=O)[C@@H]5C)c3cn2)cn1. The second-order valence-corrected chi connectivity index (χ2v) is 8.77. The molecule has 1 saturated carbocycles. The minimum atomic E-state index is -0.213. The molecule has 1 amide bonds. The summed E-state index contributed by atoms with van der Waals surface area (Å²) in [7, 11) is 1.87. The minimum Gasteiger partial charge on any atom is -0.338 e. The van der Waals surface area contributed by atoms with Crippen LogP contribution < -0.4 is 0 Å². The molecule has 2 aliphatic rings. The third kappa shape index (κ3) is 2.80. The highest BCUT2D eigenvalue weighted by Gasteiger charge is 2.38. The van der Waals surface area contributed by atoms with Crippen molar-refractivity contribution in [2.24, 2.45) is 0 Å². The number of aromatic nitrogens is 5. The molecule has 7 heteroatoms. The zero-order valence-electron chi connectivity index (χ0n) is 17.9. The summed E-state index contributed by atoms with van der Waals surface area (Å²) in [6.07, 6.45) is 7.99. The summed E-state index contributed by atoms with van der Waals surface area (Å²) in [5.41, 5.74) is 4.13. The summed E-state index contributed by atoms with van der Waals surface area (Å²) in [4.78, 5) is 28.6. The normalized spacial score (nSPS) is 18.6. The number of hydrogen-bond acceptors (Lipinski definition) is 4. The first-order chi connectivity index (χ1) is 15.0. The van der Waals surface area contributed by atoms with Crippen molar-refractivity contribution in [3.63, 3.8) is 0 Å². The Morgan fingerprint density at radius 2 is 2.00 bits per heavy atom. The van der Waals surface area contributed by atoms with Gasteiger partial charge in [-0.25, -0.2) is 15.0 Å². The van der Waals surface area contributed by atoms with Crippen LogP contribution in [0.3, 0.4) is 0 Å². The first-order valence-corrected chi connectivity index (χ1v) is 10.8. The predicted molar refractivity (Wildman–Crippen MR) is 118 cm³/mol. The van der Waals surface area contributed by atoms with E-state index in [9.17, 15) is 4.79 Å². The maximum absolute atomic E-state index is 12.7. The Labute approximate surface area is 180 Å². The number of pyridine rings is 1. The zero-order chi connectivity index (χ0) is 21.3. The third-order valence-electron chi connectivity index (χ3n) is 6.47. The van der Waals surface area contributed by atoms with Gasteiger partial charge in [0.1, 0.15) is 24.0 Å². The summed E-state index contributed by atoms with van der Waals surface area (Å²) in [6, 6.07) is 8.17. The molecule has 0 bridgehead atoms. The van der Waals surface area contributed by atoms with Crippen LogP contribution >= 0.6 is 0 Å². The number of imidazole rings is 2. The van der Waals surface area contributed by atoms with E-state index in [1.165, 1.54) is 0 Å². The number of carbonyl (C=O) groups excluding carboxylic acids is 1. The summed E-state index contributed by atoms with van der Waals surface area (Å²) in [5.74, 6) is 2.53. The van der Waals surface area contributed by atoms with Gasteiger partial charge in [0, 0.05) is 36.3 Å². The molecule has 0 spiro atoms. The van der Waals surface area contributed by atoms with Gasteiger partial charge < -0.3 is 9.47 Å². The van der Waals surface area contributed by atoms with E-state index in [4.69, 9.17) is 9.97 Å². The first kappa shape index (κ1) is 18.3. The van der Waals surface area contributed by atoms with Crippen LogP contribution in [0.4, 0.5) is 0 Å². The van der Waals surface area contributed by atoms with Crippen LogP contribution in [0.25, 0.3) is 27.8 Å². The van der Waals surface area contributed by atoms with Crippen molar-refractivity contribution >= 4 is 16.7 Å². The smallest absolute Gasteiger partial charge is 0.245 e. The molecule has 0 radical (unpaired) electrons. The number of nitrogens with zero attached hydrogens (tertiary/aromatic N) is 6. The number of hydrogen-bond donors (Lipinski definition) is 0. The van der Waals surface area contributed by atoms with Crippen molar-refractivity contribution in [3.05, 3.63) is 60.2 Å². The van der Waals surface area contributed by atoms with Crippen molar-refractivity contribution in [2.75, 3.05) is 7.05 Å². The largest absolute Gasteiger partial charge is 0.338 e. The molecular formula is C24H24N6O. The predicted octanol–water partition coefficient (Wildman–Crippen LogP) is 4.00. The molecule has 4 heterocycles. The lowest BCUT2D eigenvalue weighted by molar-refractivity contribution is -0.135. The van der Waals surface area contributed by atoms with Crippen LogP contribution in [-0.2, 0) is 11.3 Å². The second-order valence-electron chi connectivity index (χ2n) is 8.77. The fourth-order valence-corrected chi connectivity index (χ4v) is 4.70. The number of likely N-dealkylation sites (N-methyl/N-ethyl adjacent to an activating group) is 1. The van der Waals surface area contributed by atoms with Crippen LogP contribution in [0.1, 0.15) is 48.9 Å². The van der Waals surface area contributed by atoms with Crippen LogP contribution in [0, 0.1) is 6.92 Å². The Morgan fingerprint density at radius 3 is 2.74 bits per heavy atom. The fourth-order valence-electron chi connectivity index (χ4n) is 4.70. The molecule has 7 nitrogen and oxygen atoms in total. The van der Waals surface area contributed by atoms with Crippen molar-refractivity contribution < 1.29 is 4.79 Å². The van der Waals surface area contributed by atoms with E-state index in [0.717, 1.165) is 57.9 Å². The van der Waals surface area contributed by atoms with Crippen LogP contribution in [0.5, 0.6) is 0 Å². The Bertz CT molecular complexity index is 1350. The molecule has 156 valence electrons. The van der Waals surface area contributed by atoms with Crippen LogP contribution in [0.15, 0.2) is 43.0 Å². The van der Waals surface area contributed by atoms with Gasteiger partial charge >= 0.3 is 0 Å². The van der Waals surface area contributed by atoms with Crippen molar-refractivity contribution in [1.82, 2.24) is 29.0 Å². The Kier molecular flexibility index (Phi) is 3.84. The van der Waals surface area contributed by atoms with Crippen LogP contribution in [-0.4, -0.2) is 41.9 Å². The molecule has 31 heavy (non-hydrogen) atoms. The Hall–Kier alpha value is -3.48. The third-order valence-corrected chi connectivity index (χ3v) is 6.47. The molecule has 0 N–H and O–H groups in total. The lowest BCUT2D eigenvalue weighted by Gasteiger charge is -2.31.